The highest BCUT2D eigenvalue weighted by atomic mass is 32.1. The third-order valence-electron chi connectivity index (χ3n) is 3.09. The third kappa shape index (κ3) is 3.65. The Hall–Kier alpha value is -1.72. The minimum absolute atomic E-state index is 0.273. The molecular formula is C15H18N2O2S. The van der Waals surface area contributed by atoms with E-state index in [9.17, 15) is 4.79 Å². The van der Waals surface area contributed by atoms with Crippen LogP contribution in [-0.2, 0) is 11.3 Å². The molecule has 0 aliphatic rings. The number of carbonyl (C=O) groups excluding carboxylic acids is 1. The predicted octanol–water partition coefficient (Wildman–Crippen LogP) is 3.17. The Morgan fingerprint density at radius 2 is 2.15 bits per heavy atom. The molecule has 1 N–H and O–H groups in total. The molecule has 0 amide bonds. The second-order valence-electron chi connectivity index (χ2n) is 4.40. The first-order valence-corrected chi connectivity index (χ1v) is 7.42. The van der Waals surface area contributed by atoms with Crippen molar-refractivity contribution in [3.05, 3.63) is 52.0 Å². The van der Waals surface area contributed by atoms with Gasteiger partial charge < -0.3 is 10.1 Å². The van der Waals surface area contributed by atoms with Crippen LogP contribution in [-0.4, -0.2) is 18.1 Å². The maximum atomic E-state index is 11.3. The number of aromatic nitrogens is 1. The van der Waals surface area contributed by atoms with Crippen molar-refractivity contribution in [2.75, 3.05) is 7.11 Å². The first kappa shape index (κ1) is 14.7. The lowest BCUT2D eigenvalue weighted by Gasteiger charge is -2.14. The Balaban J connectivity index is 1.95. The molecule has 20 heavy (non-hydrogen) atoms. The number of hydrogen-bond acceptors (Lipinski definition) is 5. The van der Waals surface area contributed by atoms with E-state index in [2.05, 4.69) is 22.0 Å². The third-order valence-corrected chi connectivity index (χ3v) is 3.97. The molecular weight excluding hydrogens is 272 g/mol. The van der Waals surface area contributed by atoms with E-state index in [1.54, 1.807) is 23.5 Å². The topological polar surface area (TPSA) is 51.2 Å². The molecule has 1 aromatic carbocycles. The number of methoxy groups -OCH3 is 1. The first-order chi connectivity index (χ1) is 9.74. The van der Waals surface area contributed by atoms with Crippen molar-refractivity contribution in [3.8, 4) is 0 Å². The molecule has 0 spiro atoms. The number of ether oxygens (including phenoxy) is 1. The van der Waals surface area contributed by atoms with Gasteiger partial charge in [-0.25, -0.2) is 9.78 Å². The zero-order chi connectivity index (χ0) is 14.4. The maximum Gasteiger partial charge on any atom is 0.337 e. The van der Waals surface area contributed by atoms with Crippen LogP contribution in [0.1, 0.15) is 40.3 Å². The number of benzene rings is 1. The van der Waals surface area contributed by atoms with Crippen molar-refractivity contribution in [1.29, 1.82) is 0 Å². The fraction of sp³-hybridized carbons (Fsp3) is 0.333. The van der Waals surface area contributed by atoms with Gasteiger partial charge in [-0.15, -0.1) is 11.3 Å². The summed E-state index contributed by atoms with van der Waals surface area (Å²) in [5.74, 6) is -0.307. The van der Waals surface area contributed by atoms with Crippen molar-refractivity contribution >= 4 is 17.3 Å². The van der Waals surface area contributed by atoms with Gasteiger partial charge in [-0.2, -0.15) is 0 Å². The van der Waals surface area contributed by atoms with Crippen LogP contribution in [0.2, 0.25) is 0 Å². The van der Waals surface area contributed by atoms with Crippen molar-refractivity contribution in [2.45, 2.75) is 25.9 Å². The standard InChI is InChI=1S/C15H18N2O2S/c1-3-13(14-16-8-9-20-14)17-10-11-4-6-12(7-5-11)15(18)19-2/h4-9,13,17H,3,10H2,1-2H3. The quantitative estimate of drug-likeness (QED) is 0.830. The lowest BCUT2D eigenvalue weighted by molar-refractivity contribution is 0.0600. The summed E-state index contributed by atoms with van der Waals surface area (Å²) in [5.41, 5.74) is 1.70. The van der Waals surface area contributed by atoms with Gasteiger partial charge in [0.1, 0.15) is 5.01 Å². The Bertz CT molecular complexity index is 538. The van der Waals surface area contributed by atoms with Gasteiger partial charge in [-0.3, -0.25) is 0 Å². The minimum Gasteiger partial charge on any atom is -0.465 e. The van der Waals surface area contributed by atoms with Gasteiger partial charge in [0.2, 0.25) is 0 Å². The second kappa shape index (κ2) is 7.17. The van der Waals surface area contributed by atoms with Gasteiger partial charge in [0.15, 0.2) is 0 Å². The molecule has 1 heterocycles. The van der Waals surface area contributed by atoms with E-state index in [4.69, 9.17) is 0 Å². The monoisotopic (exact) mass is 290 g/mol. The van der Waals surface area contributed by atoms with E-state index in [0.29, 0.717) is 5.56 Å². The summed E-state index contributed by atoms with van der Waals surface area (Å²) in [6.45, 7) is 2.89. The Morgan fingerprint density at radius 3 is 2.70 bits per heavy atom. The van der Waals surface area contributed by atoms with Gasteiger partial charge >= 0.3 is 5.97 Å². The average Bonchev–Trinajstić information content (AvgIpc) is 3.02. The summed E-state index contributed by atoms with van der Waals surface area (Å²) in [7, 11) is 1.39. The average molecular weight is 290 g/mol. The molecule has 0 fully saturated rings. The summed E-state index contributed by atoms with van der Waals surface area (Å²) >= 11 is 1.67. The number of hydrogen-bond donors (Lipinski definition) is 1. The van der Waals surface area contributed by atoms with Crippen LogP contribution in [0.4, 0.5) is 0 Å². The fourth-order valence-corrected chi connectivity index (χ4v) is 2.73. The molecule has 5 heteroatoms. The van der Waals surface area contributed by atoms with Crippen LogP contribution in [0, 0.1) is 0 Å². The molecule has 106 valence electrons. The largest absolute Gasteiger partial charge is 0.465 e. The zero-order valence-electron chi connectivity index (χ0n) is 11.6. The van der Waals surface area contributed by atoms with Crippen molar-refractivity contribution in [3.63, 3.8) is 0 Å². The number of nitrogens with one attached hydrogen (secondary N) is 1. The predicted molar refractivity (Wildman–Crippen MR) is 79.8 cm³/mol. The summed E-state index contributed by atoms with van der Waals surface area (Å²) in [6.07, 6.45) is 2.82. The fourth-order valence-electron chi connectivity index (χ4n) is 1.93. The van der Waals surface area contributed by atoms with Gasteiger partial charge in [0.25, 0.3) is 0 Å². The van der Waals surface area contributed by atoms with Crippen molar-refractivity contribution in [1.82, 2.24) is 10.3 Å². The molecule has 0 aliphatic carbocycles. The highest BCUT2D eigenvalue weighted by Gasteiger charge is 2.11. The maximum absolute atomic E-state index is 11.3. The van der Waals surface area contributed by atoms with E-state index >= 15 is 0 Å². The highest BCUT2D eigenvalue weighted by molar-refractivity contribution is 7.09. The van der Waals surface area contributed by atoms with Crippen LogP contribution in [0.25, 0.3) is 0 Å². The summed E-state index contributed by atoms with van der Waals surface area (Å²) in [6, 6.07) is 7.72. The summed E-state index contributed by atoms with van der Waals surface area (Å²) in [4.78, 5) is 15.7. The van der Waals surface area contributed by atoms with Crippen LogP contribution >= 0.6 is 11.3 Å². The zero-order valence-corrected chi connectivity index (χ0v) is 12.4. The van der Waals surface area contributed by atoms with Crippen molar-refractivity contribution < 1.29 is 9.53 Å². The molecule has 1 aromatic heterocycles. The molecule has 0 aliphatic heterocycles. The molecule has 1 unspecified atom stereocenters. The van der Waals surface area contributed by atoms with Crippen molar-refractivity contribution in [2.24, 2.45) is 0 Å². The highest BCUT2D eigenvalue weighted by Crippen LogP contribution is 2.19. The van der Waals surface area contributed by atoms with E-state index in [1.165, 1.54) is 7.11 Å². The molecule has 2 rings (SSSR count). The lowest BCUT2D eigenvalue weighted by Crippen LogP contribution is -2.20. The number of esters is 1. The van der Waals surface area contributed by atoms with Gasteiger partial charge in [0, 0.05) is 18.1 Å². The molecule has 0 radical (unpaired) electrons. The van der Waals surface area contributed by atoms with E-state index in [-0.39, 0.29) is 12.0 Å². The number of nitrogens with zero attached hydrogens (tertiary/aromatic N) is 1. The van der Waals surface area contributed by atoms with E-state index in [0.717, 1.165) is 23.5 Å². The molecule has 4 nitrogen and oxygen atoms in total. The Morgan fingerprint density at radius 1 is 1.40 bits per heavy atom. The lowest BCUT2D eigenvalue weighted by atomic mass is 10.1. The molecule has 0 saturated heterocycles. The molecule has 0 saturated carbocycles. The number of carbonyl (C=O) groups is 1. The van der Waals surface area contributed by atoms with E-state index in [1.807, 2.05) is 23.7 Å². The van der Waals surface area contributed by atoms with Gasteiger partial charge in [0.05, 0.1) is 18.7 Å². The van der Waals surface area contributed by atoms with Gasteiger partial charge in [-0.05, 0) is 24.1 Å². The molecule has 1 atom stereocenters. The normalized spacial score (nSPS) is 12.1. The van der Waals surface area contributed by atoms with Gasteiger partial charge in [-0.1, -0.05) is 19.1 Å². The SMILES string of the molecule is CCC(NCc1ccc(C(=O)OC)cc1)c1nccs1. The summed E-state index contributed by atoms with van der Waals surface area (Å²) < 4.78 is 4.68. The van der Waals surface area contributed by atoms with Crippen LogP contribution < -0.4 is 5.32 Å². The summed E-state index contributed by atoms with van der Waals surface area (Å²) in [5, 5.41) is 6.58. The Labute approximate surface area is 122 Å². The molecule has 0 bridgehead atoms. The first-order valence-electron chi connectivity index (χ1n) is 6.54. The van der Waals surface area contributed by atoms with Crippen LogP contribution in [0.3, 0.4) is 0 Å². The number of rotatable bonds is 6. The molecule has 2 aromatic rings. The smallest absolute Gasteiger partial charge is 0.337 e. The number of thiazole rings is 1. The van der Waals surface area contributed by atoms with E-state index < -0.39 is 0 Å². The minimum atomic E-state index is -0.307. The second-order valence-corrected chi connectivity index (χ2v) is 5.33. The van der Waals surface area contributed by atoms with Crippen LogP contribution in [0.5, 0.6) is 0 Å². The van der Waals surface area contributed by atoms with Crippen LogP contribution in [0.15, 0.2) is 35.8 Å². The Kier molecular flexibility index (Phi) is 5.26.